The van der Waals surface area contributed by atoms with Gasteiger partial charge >= 0.3 is 0 Å². The van der Waals surface area contributed by atoms with Crippen LogP contribution in [0.1, 0.15) is 5.56 Å². The summed E-state index contributed by atoms with van der Waals surface area (Å²) in [6.45, 7) is -0.362. The molecule has 0 atom stereocenters. The average molecular weight is 438 g/mol. The van der Waals surface area contributed by atoms with Gasteiger partial charge in [0.2, 0.25) is 5.91 Å². The third-order valence-corrected chi connectivity index (χ3v) is 5.49. The summed E-state index contributed by atoms with van der Waals surface area (Å²) >= 11 is 6.72. The number of hydrogen-bond donors (Lipinski definition) is 1. The van der Waals surface area contributed by atoms with Gasteiger partial charge < -0.3 is 9.88 Å². The second kappa shape index (κ2) is 8.61. The van der Waals surface area contributed by atoms with Gasteiger partial charge in [0.15, 0.2) is 0 Å². The van der Waals surface area contributed by atoms with Crippen LogP contribution in [-0.2, 0) is 9.59 Å². The predicted molar refractivity (Wildman–Crippen MR) is 119 cm³/mol. The quantitative estimate of drug-likeness (QED) is 0.581. The topological polar surface area (TPSA) is 71.4 Å². The third kappa shape index (κ3) is 4.48. The fourth-order valence-electron chi connectivity index (χ4n) is 2.96. The Labute approximate surface area is 182 Å². The van der Waals surface area contributed by atoms with Crippen molar-refractivity contribution >= 4 is 52.2 Å². The summed E-state index contributed by atoms with van der Waals surface area (Å²) in [5.74, 6) is -0.963. The van der Waals surface area contributed by atoms with Gasteiger partial charge in [-0.15, -0.1) is 0 Å². The van der Waals surface area contributed by atoms with Crippen LogP contribution in [0, 0.1) is 0 Å². The normalized spacial score (nSPS) is 15.1. The van der Waals surface area contributed by atoms with Gasteiger partial charge in [0.05, 0.1) is 4.91 Å². The van der Waals surface area contributed by atoms with Crippen molar-refractivity contribution < 1.29 is 14.4 Å². The molecule has 8 heteroatoms. The van der Waals surface area contributed by atoms with Crippen molar-refractivity contribution in [2.45, 2.75) is 0 Å². The van der Waals surface area contributed by atoms with E-state index in [4.69, 9.17) is 11.6 Å². The number of imide groups is 1. The minimum Gasteiger partial charge on any atom is -0.324 e. The number of anilines is 1. The molecule has 4 rings (SSSR count). The van der Waals surface area contributed by atoms with Crippen molar-refractivity contribution in [3.63, 3.8) is 0 Å². The molecule has 6 nitrogen and oxygen atoms in total. The van der Waals surface area contributed by atoms with Crippen molar-refractivity contribution in [1.82, 2.24) is 9.47 Å². The summed E-state index contributed by atoms with van der Waals surface area (Å²) < 4.78 is 1.93. The zero-order chi connectivity index (χ0) is 21.1. The number of nitrogens with one attached hydrogen (secondary N) is 1. The van der Waals surface area contributed by atoms with Crippen LogP contribution < -0.4 is 5.32 Å². The molecule has 1 aliphatic rings. The second-order valence-electron chi connectivity index (χ2n) is 6.51. The summed E-state index contributed by atoms with van der Waals surface area (Å²) in [7, 11) is 0. The highest BCUT2D eigenvalue weighted by Gasteiger charge is 2.36. The van der Waals surface area contributed by atoms with Gasteiger partial charge in [0.25, 0.3) is 11.1 Å². The van der Waals surface area contributed by atoms with E-state index in [1.54, 1.807) is 30.3 Å². The first-order valence-electron chi connectivity index (χ1n) is 9.04. The van der Waals surface area contributed by atoms with E-state index < -0.39 is 17.1 Å². The summed E-state index contributed by atoms with van der Waals surface area (Å²) in [6, 6.07) is 18.3. The number of carbonyl (C=O) groups excluding carboxylic acids is 3. The van der Waals surface area contributed by atoms with E-state index in [1.807, 2.05) is 53.4 Å². The van der Waals surface area contributed by atoms with Crippen molar-refractivity contribution in [2.75, 3.05) is 11.9 Å². The van der Waals surface area contributed by atoms with Gasteiger partial charge in [-0.3, -0.25) is 19.3 Å². The standard InChI is InChI=1S/C22H16ClN3O3S/c23-16-5-4-6-17(12-16)24-20(27)14-26-21(28)19(30-22(26)29)11-15-9-10-25(13-15)18-7-2-1-3-8-18/h1-13H,14H2,(H,24,27)/b19-11+. The summed E-state index contributed by atoms with van der Waals surface area (Å²) in [5.41, 5.74) is 2.27. The number of carbonyl (C=O) groups is 3. The highest BCUT2D eigenvalue weighted by atomic mass is 35.5. The molecule has 150 valence electrons. The van der Waals surface area contributed by atoms with E-state index in [2.05, 4.69) is 5.32 Å². The number of benzene rings is 2. The Kier molecular flexibility index (Phi) is 5.74. The zero-order valence-electron chi connectivity index (χ0n) is 15.6. The first-order valence-corrected chi connectivity index (χ1v) is 10.2. The largest absolute Gasteiger partial charge is 0.324 e. The lowest BCUT2D eigenvalue weighted by Gasteiger charge is -2.12. The Balaban J connectivity index is 1.45. The van der Waals surface area contributed by atoms with Crippen LogP contribution in [0.4, 0.5) is 10.5 Å². The maximum atomic E-state index is 12.6. The van der Waals surface area contributed by atoms with E-state index in [0.717, 1.165) is 27.9 Å². The molecule has 0 saturated carbocycles. The maximum absolute atomic E-state index is 12.6. The third-order valence-electron chi connectivity index (χ3n) is 4.35. The predicted octanol–water partition coefficient (Wildman–Crippen LogP) is 4.81. The van der Waals surface area contributed by atoms with E-state index in [9.17, 15) is 14.4 Å². The van der Waals surface area contributed by atoms with Gasteiger partial charge in [-0.2, -0.15) is 0 Å². The van der Waals surface area contributed by atoms with E-state index in [0.29, 0.717) is 10.7 Å². The van der Waals surface area contributed by atoms with Crippen LogP contribution in [0.15, 0.2) is 78.0 Å². The second-order valence-corrected chi connectivity index (χ2v) is 7.94. The average Bonchev–Trinajstić information content (AvgIpc) is 3.29. The molecule has 1 fully saturated rings. The van der Waals surface area contributed by atoms with Crippen LogP contribution in [0.3, 0.4) is 0 Å². The molecule has 2 aromatic carbocycles. The van der Waals surface area contributed by atoms with Gasteiger partial charge in [0, 0.05) is 28.8 Å². The molecule has 0 aliphatic carbocycles. The monoisotopic (exact) mass is 437 g/mol. The highest BCUT2D eigenvalue weighted by molar-refractivity contribution is 8.18. The fraction of sp³-hybridized carbons (Fsp3) is 0.0455. The molecule has 3 aromatic rings. The number of halogens is 1. The fourth-order valence-corrected chi connectivity index (χ4v) is 3.99. The molecule has 2 heterocycles. The lowest BCUT2D eigenvalue weighted by Crippen LogP contribution is -2.36. The number of para-hydroxylation sites is 1. The highest BCUT2D eigenvalue weighted by Crippen LogP contribution is 2.32. The van der Waals surface area contributed by atoms with Gasteiger partial charge in [-0.1, -0.05) is 35.9 Å². The molecule has 0 radical (unpaired) electrons. The molecule has 0 spiro atoms. The maximum Gasteiger partial charge on any atom is 0.294 e. The van der Waals surface area contributed by atoms with Crippen molar-refractivity contribution in [1.29, 1.82) is 0 Å². The molecule has 1 saturated heterocycles. The molecule has 1 aliphatic heterocycles. The van der Waals surface area contributed by atoms with Gasteiger partial charge in [-0.05, 0) is 59.8 Å². The van der Waals surface area contributed by atoms with Crippen LogP contribution in [0.25, 0.3) is 11.8 Å². The number of thioether (sulfide) groups is 1. The molecule has 3 amide bonds. The molecular weight excluding hydrogens is 422 g/mol. The van der Waals surface area contributed by atoms with Gasteiger partial charge in [0.1, 0.15) is 6.54 Å². The van der Waals surface area contributed by atoms with Crippen LogP contribution in [0.5, 0.6) is 0 Å². The minimum atomic E-state index is -0.487. The molecule has 1 N–H and O–H groups in total. The van der Waals surface area contributed by atoms with Crippen molar-refractivity contribution in [2.24, 2.45) is 0 Å². The first kappa shape index (κ1) is 20.0. The number of aromatic nitrogens is 1. The first-order chi connectivity index (χ1) is 14.5. The van der Waals surface area contributed by atoms with Crippen LogP contribution in [0.2, 0.25) is 5.02 Å². The molecule has 0 bridgehead atoms. The van der Waals surface area contributed by atoms with Crippen molar-refractivity contribution in [3.05, 3.63) is 88.5 Å². The Morgan fingerprint density at radius 3 is 2.63 bits per heavy atom. The molecule has 0 unspecified atom stereocenters. The molecule has 1 aromatic heterocycles. The summed E-state index contributed by atoms with van der Waals surface area (Å²) in [5, 5.41) is 2.63. The number of hydrogen-bond acceptors (Lipinski definition) is 4. The Bertz CT molecular complexity index is 1160. The Hall–Kier alpha value is -3.29. The summed E-state index contributed by atoms with van der Waals surface area (Å²) in [4.78, 5) is 38.4. The number of rotatable bonds is 5. The number of amides is 3. The van der Waals surface area contributed by atoms with Gasteiger partial charge in [-0.25, -0.2) is 0 Å². The van der Waals surface area contributed by atoms with Crippen LogP contribution >= 0.6 is 23.4 Å². The molecular formula is C22H16ClN3O3S. The summed E-state index contributed by atoms with van der Waals surface area (Å²) in [6.07, 6.45) is 5.40. The lowest BCUT2D eigenvalue weighted by molar-refractivity contribution is -0.127. The zero-order valence-corrected chi connectivity index (χ0v) is 17.2. The van der Waals surface area contributed by atoms with Crippen LogP contribution in [-0.4, -0.2) is 33.1 Å². The number of nitrogens with zero attached hydrogens (tertiary/aromatic N) is 2. The molecule has 30 heavy (non-hydrogen) atoms. The Morgan fingerprint density at radius 2 is 1.87 bits per heavy atom. The van der Waals surface area contributed by atoms with E-state index >= 15 is 0 Å². The van der Waals surface area contributed by atoms with Crippen molar-refractivity contribution in [3.8, 4) is 5.69 Å². The SMILES string of the molecule is O=C(CN1C(=O)S/C(=C/c2ccn(-c3ccccc3)c2)C1=O)Nc1cccc(Cl)c1. The lowest BCUT2D eigenvalue weighted by atomic mass is 10.3. The van der Waals surface area contributed by atoms with E-state index in [1.165, 1.54) is 0 Å². The van der Waals surface area contributed by atoms with E-state index in [-0.39, 0.29) is 11.4 Å². The Morgan fingerprint density at radius 1 is 1.07 bits per heavy atom. The smallest absolute Gasteiger partial charge is 0.294 e. The minimum absolute atomic E-state index is 0.279.